The lowest BCUT2D eigenvalue weighted by molar-refractivity contribution is -0.122. The molecular weight excluding hydrogens is 329 g/mol. The summed E-state index contributed by atoms with van der Waals surface area (Å²) >= 11 is 1.51. The molecule has 7 heteroatoms. The lowest BCUT2D eigenvalue weighted by atomic mass is 10.1. The number of carbonyl (C=O) groups is 2. The molecule has 1 unspecified atom stereocenters. The molecule has 24 heavy (non-hydrogen) atoms. The fourth-order valence-corrected chi connectivity index (χ4v) is 3.33. The fraction of sp³-hybridized carbons (Fsp3) is 0.294. The molecule has 1 saturated carbocycles. The zero-order valence-corrected chi connectivity index (χ0v) is 13.7. The van der Waals surface area contributed by atoms with E-state index in [0.29, 0.717) is 12.8 Å². The highest BCUT2D eigenvalue weighted by molar-refractivity contribution is 7.10. The highest BCUT2D eigenvalue weighted by atomic mass is 32.1. The predicted octanol–water partition coefficient (Wildman–Crippen LogP) is 1.70. The second-order valence-corrected chi connectivity index (χ2v) is 6.85. The molecular formula is C17H18FN3O2S. The Hall–Kier alpha value is -2.25. The zero-order chi connectivity index (χ0) is 17.2. The third-order valence-corrected chi connectivity index (χ3v) is 5.08. The molecule has 1 fully saturated rings. The number of nitrogens with one attached hydrogen (secondary N) is 2. The zero-order valence-electron chi connectivity index (χ0n) is 12.9. The van der Waals surface area contributed by atoms with E-state index >= 15 is 0 Å². The van der Waals surface area contributed by atoms with Gasteiger partial charge in [-0.15, -0.1) is 11.3 Å². The van der Waals surface area contributed by atoms with E-state index in [4.69, 9.17) is 5.73 Å². The third kappa shape index (κ3) is 3.63. The van der Waals surface area contributed by atoms with Crippen LogP contribution < -0.4 is 16.4 Å². The summed E-state index contributed by atoms with van der Waals surface area (Å²) in [5.74, 6) is -0.998. The highest BCUT2D eigenvalue weighted by Crippen LogP contribution is 2.34. The molecule has 4 N–H and O–H groups in total. The van der Waals surface area contributed by atoms with E-state index in [9.17, 15) is 14.0 Å². The molecule has 1 aromatic carbocycles. The van der Waals surface area contributed by atoms with Gasteiger partial charge in [-0.1, -0.05) is 18.2 Å². The normalized spacial score (nSPS) is 16.4. The van der Waals surface area contributed by atoms with Gasteiger partial charge in [-0.2, -0.15) is 0 Å². The topological polar surface area (TPSA) is 84.2 Å². The molecule has 1 heterocycles. The van der Waals surface area contributed by atoms with E-state index in [-0.39, 0.29) is 24.3 Å². The Labute approximate surface area is 143 Å². The monoisotopic (exact) mass is 347 g/mol. The van der Waals surface area contributed by atoms with E-state index in [0.717, 1.165) is 10.4 Å². The Morgan fingerprint density at radius 3 is 2.50 bits per heavy atom. The molecule has 126 valence electrons. The van der Waals surface area contributed by atoms with Crippen molar-refractivity contribution < 1.29 is 14.0 Å². The minimum atomic E-state index is -0.731. The van der Waals surface area contributed by atoms with Crippen LogP contribution in [0, 0.1) is 5.82 Å². The first-order chi connectivity index (χ1) is 11.5. The maximum absolute atomic E-state index is 13.2. The van der Waals surface area contributed by atoms with Gasteiger partial charge in [0, 0.05) is 4.88 Å². The summed E-state index contributed by atoms with van der Waals surface area (Å²) in [6, 6.07) is 9.49. The number of nitrogens with two attached hydrogens (primary N) is 1. The molecule has 1 aromatic heterocycles. The molecule has 2 amide bonds. The average Bonchev–Trinajstić information content (AvgIpc) is 3.18. The molecule has 5 nitrogen and oxygen atoms in total. The molecule has 0 spiro atoms. The second-order valence-electron chi connectivity index (χ2n) is 5.87. The van der Waals surface area contributed by atoms with Gasteiger partial charge in [0.05, 0.1) is 18.1 Å². The van der Waals surface area contributed by atoms with E-state index < -0.39 is 11.4 Å². The van der Waals surface area contributed by atoms with Gasteiger partial charge in [-0.05, 0) is 42.0 Å². The molecule has 1 atom stereocenters. The Bertz CT molecular complexity index is 727. The molecule has 0 radical (unpaired) electrons. The number of carbonyl (C=O) groups excluding carboxylic acids is 2. The van der Waals surface area contributed by atoms with Crippen molar-refractivity contribution in [2.75, 3.05) is 6.54 Å². The first-order valence-corrected chi connectivity index (χ1v) is 8.51. The van der Waals surface area contributed by atoms with Crippen LogP contribution in [0.3, 0.4) is 0 Å². The van der Waals surface area contributed by atoms with Crippen molar-refractivity contribution in [3.8, 4) is 0 Å². The Kier molecular flexibility index (Phi) is 4.64. The van der Waals surface area contributed by atoms with Crippen LogP contribution in [-0.2, 0) is 9.59 Å². The SMILES string of the molecule is NC(=O)C1(NCC(=O)NC(c2ccc(F)cc2)c2cccs2)CC1. The minimum Gasteiger partial charge on any atom is -0.368 e. The largest absolute Gasteiger partial charge is 0.368 e. The van der Waals surface area contributed by atoms with Crippen molar-refractivity contribution in [2.45, 2.75) is 24.4 Å². The van der Waals surface area contributed by atoms with Gasteiger partial charge in [0.1, 0.15) is 5.82 Å². The summed E-state index contributed by atoms with van der Waals surface area (Å²) < 4.78 is 13.2. The molecule has 2 aromatic rings. The number of rotatable bonds is 7. The van der Waals surface area contributed by atoms with Crippen LogP contribution in [-0.4, -0.2) is 23.9 Å². The summed E-state index contributed by atoms with van der Waals surface area (Å²) in [7, 11) is 0. The molecule has 0 aliphatic heterocycles. The van der Waals surface area contributed by atoms with Crippen LogP contribution in [0.15, 0.2) is 41.8 Å². The third-order valence-electron chi connectivity index (χ3n) is 4.15. The van der Waals surface area contributed by atoms with E-state index in [1.54, 1.807) is 12.1 Å². The van der Waals surface area contributed by atoms with Crippen LogP contribution in [0.5, 0.6) is 0 Å². The number of amides is 2. The first-order valence-electron chi connectivity index (χ1n) is 7.63. The van der Waals surface area contributed by atoms with Crippen LogP contribution in [0.25, 0.3) is 0 Å². The van der Waals surface area contributed by atoms with Gasteiger partial charge in [-0.3, -0.25) is 14.9 Å². The van der Waals surface area contributed by atoms with Crippen LogP contribution >= 0.6 is 11.3 Å². The van der Waals surface area contributed by atoms with Gasteiger partial charge in [0.25, 0.3) is 0 Å². The summed E-state index contributed by atoms with van der Waals surface area (Å²) in [5.41, 5.74) is 5.40. The number of primary amides is 1. The standard InChI is InChI=1S/C17H18FN3O2S/c18-12-5-3-11(4-6-12)15(13-2-1-9-24-13)21-14(22)10-20-17(7-8-17)16(19)23/h1-6,9,15,20H,7-8,10H2,(H2,19,23)(H,21,22). The van der Waals surface area contributed by atoms with Crippen molar-refractivity contribution in [1.29, 1.82) is 0 Å². The highest BCUT2D eigenvalue weighted by Gasteiger charge is 2.48. The number of benzene rings is 1. The van der Waals surface area contributed by atoms with Crippen LogP contribution in [0.1, 0.15) is 29.3 Å². The van der Waals surface area contributed by atoms with Crippen LogP contribution in [0.4, 0.5) is 4.39 Å². The molecule has 0 bridgehead atoms. The van der Waals surface area contributed by atoms with Crippen molar-refractivity contribution >= 4 is 23.2 Å². The number of hydrogen-bond donors (Lipinski definition) is 3. The van der Waals surface area contributed by atoms with E-state index in [1.165, 1.54) is 23.5 Å². The molecule has 1 aliphatic carbocycles. The average molecular weight is 347 g/mol. The number of thiophene rings is 1. The van der Waals surface area contributed by atoms with Crippen LogP contribution in [0.2, 0.25) is 0 Å². The maximum Gasteiger partial charge on any atom is 0.237 e. The Morgan fingerprint density at radius 2 is 1.96 bits per heavy atom. The van der Waals surface area contributed by atoms with Gasteiger partial charge < -0.3 is 11.1 Å². The van der Waals surface area contributed by atoms with Crippen molar-refractivity contribution in [2.24, 2.45) is 5.73 Å². The summed E-state index contributed by atoms with van der Waals surface area (Å²) in [5, 5.41) is 7.79. The van der Waals surface area contributed by atoms with Gasteiger partial charge >= 0.3 is 0 Å². The second kappa shape index (κ2) is 6.70. The first kappa shape index (κ1) is 16.6. The van der Waals surface area contributed by atoms with Gasteiger partial charge in [0.15, 0.2) is 0 Å². The summed E-state index contributed by atoms with van der Waals surface area (Å²) in [6.07, 6.45) is 1.31. The predicted molar refractivity (Wildman–Crippen MR) is 89.9 cm³/mol. The fourth-order valence-electron chi connectivity index (χ4n) is 2.53. The maximum atomic E-state index is 13.2. The molecule has 0 saturated heterocycles. The van der Waals surface area contributed by atoms with Gasteiger partial charge in [0.2, 0.25) is 11.8 Å². The minimum absolute atomic E-state index is 0.00596. The van der Waals surface area contributed by atoms with Gasteiger partial charge in [-0.25, -0.2) is 4.39 Å². The number of halogens is 1. The van der Waals surface area contributed by atoms with E-state index in [1.807, 2.05) is 17.5 Å². The Morgan fingerprint density at radius 1 is 1.25 bits per heavy atom. The van der Waals surface area contributed by atoms with E-state index in [2.05, 4.69) is 10.6 Å². The van der Waals surface area contributed by atoms with Crippen molar-refractivity contribution in [3.63, 3.8) is 0 Å². The van der Waals surface area contributed by atoms with Crippen molar-refractivity contribution in [3.05, 3.63) is 58.0 Å². The van der Waals surface area contributed by atoms with Crippen molar-refractivity contribution in [1.82, 2.24) is 10.6 Å². The number of hydrogen-bond acceptors (Lipinski definition) is 4. The summed E-state index contributed by atoms with van der Waals surface area (Å²) in [6.45, 7) is 0.00596. The molecule has 1 aliphatic rings. The Balaban J connectivity index is 1.69. The quantitative estimate of drug-likeness (QED) is 0.713. The summed E-state index contributed by atoms with van der Waals surface area (Å²) in [4.78, 5) is 24.6. The lowest BCUT2D eigenvalue weighted by Gasteiger charge is -2.19. The smallest absolute Gasteiger partial charge is 0.237 e. The molecule has 3 rings (SSSR count). The lowest BCUT2D eigenvalue weighted by Crippen LogP contribution is -2.48.